The van der Waals surface area contributed by atoms with Gasteiger partial charge in [0, 0.05) is 31.2 Å². The van der Waals surface area contributed by atoms with Gasteiger partial charge in [0.2, 0.25) is 0 Å². The Hall–Kier alpha value is -1.35. The average molecular weight is 333 g/mol. The van der Waals surface area contributed by atoms with E-state index >= 15 is 0 Å². The predicted octanol–water partition coefficient (Wildman–Crippen LogP) is 4.85. The molecule has 0 N–H and O–H groups in total. The van der Waals surface area contributed by atoms with Crippen molar-refractivity contribution < 1.29 is 0 Å². The molecule has 2 aromatic carbocycles. The second-order valence-corrected chi connectivity index (χ2v) is 6.45. The van der Waals surface area contributed by atoms with Gasteiger partial charge in [-0.3, -0.25) is 0 Å². The van der Waals surface area contributed by atoms with Crippen molar-refractivity contribution in [3.63, 3.8) is 0 Å². The first-order valence-electron chi connectivity index (χ1n) is 7.70. The van der Waals surface area contributed by atoms with Crippen molar-refractivity contribution in [1.29, 1.82) is 0 Å². The first-order chi connectivity index (χ1) is 10.5. The molecular weight excluding hydrogens is 304 g/mol. The first kappa shape index (κ1) is 19.7. The predicted molar refractivity (Wildman–Crippen MR) is 102 cm³/mol. The summed E-state index contributed by atoms with van der Waals surface area (Å²) in [6.07, 6.45) is 0. The van der Waals surface area contributed by atoms with Gasteiger partial charge in [0.15, 0.2) is 0 Å². The van der Waals surface area contributed by atoms with E-state index in [2.05, 4.69) is 72.4 Å². The van der Waals surface area contributed by atoms with E-state index < -0.39 is 0 Å². The van der Waals surface area contributed by atoms with Gasteiger partial charge >= 0.3 is 0 Å². The van der Waals surface area contributed by atoms with Crippen LogP contribution in [0.2, 0.25) is 5.02 Å². The summed E-state index contributed by atoms with van der Waals surface area (Å²) in [4.78, 5) is 4.69. The van der Waals surface area contributed by atoms with Crippen LogP contribution in [0.4, 0.5) is 0 Å². The zero-order valence-electron chi connectivity index (χ0n) is 13.7. The minimum Gasteiger partial charge on any atom is -0.301 e. The van der Waals surface area contributed by atoms with E-state index in [1.807, 2.05) is 6.92 Å². The minimum atomic E-state index is 0. The molecule has 3 heteroatoms. The van der Waals surface area contributed by atoms with Crippen LogP contribution in [-0.4, -0.2) is 37.0 Å². The van der Waals surface area contributed by atoms with Crippen molar-refractivity contribution in [3.8, 4) is 0 Å². The molecule has 0 radical (unpaired) electrons. The van der Waals surface area contributed by atoms with Gasteiger partial charge in [-0.2, -0.15) is 0 Å². The van der Waals surface area contributed by atoms with Crippen molar-refractivity contribution in [2.45, 2.75) is 27.4 Å². The Morgan fingerprint density at radius 2 is 1.39 bits per heavy atom. The molecule has 0 spiro atoms. The Morgan fingerprint density at radius 3 is 1.96 bits per heavy atom. The molecule has 0 aromatic heterocycles. The maximum Gasteiger partial charge on any atom is 0.0438 e. The van der Waals surface area contributed by atoms with Crippen LogP contribution in [0.5, 0.6) is 0 Å². The van der Waals surface area contributed by atoms with Crippen molar-refractivity contribution >= 4 is 11.6 Å². The summed E-state index contributed by atoms with van der Waals surface area (Å²) >= 11 is 6.19. The van der Waals surface area contributed by atoms with Crippen LogP contribution in [0.1, 0.15) is 24.1 Å². The lowest BCUT2D eigenvalue weighted by Gasteiger charge is -2.22. The summed E-state index contributed by atoms with van der Waals surface area (Å²) in [6.45, 7) is 6.04. The Morgan fingerprint density at radius 1 is 0.826 bits per heavy atom. The maximum absolute atomic E-state index is 6.19. The maximum atomic E-state index is 6.19. The SMILES string of the molecule is C.Cc1ccc(CN(C)CCN(C)Cc2ccccc2)cc1Cl. The van der Waals surface area contributed by atoms with Gasteiger partial charge in [-0.15, -0.1) is 0 Å². The van der Waals surface area contributed by atoms with Gasteiger partial charge in [-0.1, -0.05) is 61.5 Å². The highest BCUT2D eigenvalue weighted by molar-refractivity contribution is 6.31. The highest BCUT2D eigenvalue weighted by Gasteiger charge is 2.05. The molecule has 0 bridgehead atoms. The van der Waals surface area contributed by atoms with Crippen LogP contribution in [0.25, 0.3) is 0 Å². The van der Waals surface area contributed by atoms with E-state index in [1.54, 1.807) is 0 Å². The van der Waals surface area contributed by atoms with Crippen LogP contribution in [0, 0.1) is 6.92 Å². The number of likely N-dealkylation sites (N-methyl/N-ethyl adjacent to an activating group) is 2. The molecule has 0 saturated carbocycles. The smallest absolute Gasteiger partial charge is 0.0438 e. The highest BCUT2D eigenvalue weighted by atomic mass is 35.5. The van der Waals surface area contributed by atoms with Gasteiger partial charge in [0.05, 0.1) is 0 Å². The molecule has 0 aliphatic rings. The molecule has 0 unspecified atom stereocenters. The molecule has 126 valence electrons. The lowest BCUT2D eigenvalue weighted by atomic mass is 10.1. The van der Waals surface area contributed by atoms with Crippen LogP contribution >= 0.6 is 11.6 Å². The number of halogens is 1. The zero-order chi connectivity index (χ0) is 15.9. The minimum absolute atomic E-state index is 0. The molecular formula is C20H29ClN2. The van der Waals surface area contributed by atoms with Gasteiger partial charge in [0.25, 0.3) is 0 Å². The third-order valence-corrected chi connectivity index (χ3v) is 4.25. The summed E-state index contributed by atoms with van der Waals surface area (Å²) < 4.78 is 0. The molecule has 0 saturated heterocycles. The van der Waals surface area contributed by atoms with E-state index in [9.17, 15) is 0 Å². The zero-order valence-corrected chi connectivity index (χ0v) is 14.5. The van der Waals surface area contributed by atoms with Crippen molar-refractivity contribution in [3.05, 3.63) is 70.2 Å². The Balaban J connectivity index is 0.00000264. The standard InChI is InChI=1S/C19H25ClN2.CH4/c1-16-9-10-18(13-19(16)20)15-22(3)12-11-21(2)14-17-7-5-4-6-8-17;/h4-10,13H,11-12,14-15H2,1-3H3;1H4. The number of aryl methyl sites for hydroxylation is 1. The molecule has 0 fully saturated rings. The summed E-state index contributed by atoms with van der Waals surface area (Å²) in [5, 5.41) is 0.854. The van der Waals surface area contributed by atoms with Crippen molar-refractivity contribution in [1.82, 2.24) is 9.80 Å². The van der Waals surface area contributed by atoms with E-state index in [0.29, 0.717) is 0 Å². The van der Waals surface area contributed by atoms with Gasteiger partial charge in [0.1, 0.15) is 0 Å². The molecule has 0 amide bonds. The largest absolute Gasteiger partial charge is 0.301 e. The summed E-state index contributed by atoms with van der Waals surface area (Å²) in [6, 6.07) is 16.9. The number of rotatable bonds is 7. The van der Waals surface area contributed by atoms with E-state index in [4.69, 9.17) is 11.6 Å². The van der Waals surface area contributed by atoms with Gasteiger partial charge in [-0.05, 0) is 43.8 Å². The second-order valence-electron chi connectivity index (χ2n) is 6.04. The molecule has 2 rings (SSSR count). The lowest BCUT2D eigenvalue weighted by Crippen LogP contribution is -2.30. The highest BCUT2D eigenvalue weighted by Crippen LogP contribution is 2.17. The molecule has 23 heavy (non-hydrogen) atoms. The van der Waals surface area contributed by atoms with E-state index in [0.717, 1.165) is 36.8 Å². The molecule has 0 atom stereocenters. The third kappa shape index (κ3) is 6.74. The van der Waals surface area contributed by atoms with Crippen molar-refractivity contribution in [2.75, 3.05) is 27.2 Å². The van der Waals surface area contributed by atoms with Crippen LogP contribution in [0.15, 0.2) is 48.5 Å². The molecule has 2 nitrogen and oxygen atoms in total. The fourth-order valence-corrected chi connectivity index (χ4v) is 2.64. The Labute approximate surface area is 146 Å². The van der Waals surface area contributed by atoms with E-state index in [1.165, 1.54) is 11.1 Å². The summed E-state index contributed by atoms with van der Waals surface area (Å²) in [5.74, 6) is 0. The lowest BCUT2D eigenvalue weighted by molar-refractivity contribution is 0.247. The molecule has 0 aliphatic carbocycles. The molecule has 0 aliphatic heterocycles. The summed E-state index contributed by atoms with van der Waals surface area (Å²) in [5.41, 5.74) is 3.76. The summed E-state index contributed by atoms with van der Waals surface area (Å²) in [7, 11) is 4.33. The van der Waals surface area contributed by atoms with Gasteiger partial charge < -0.3 is 9.80 Å². The van der Waals surface area contributed by atoms with Crippen LogP contribution in [0.3, 0.4) is 0 Å². The first-order valence-corrected chi connectivity index (χ1v) is 8.08. The van der Waals surface area contributed by atoms with Crippen molar-refractivity contribution in [2.24, 2.45) is 0 Å². The number of benzene rings is 2. The third-order valence-electron chi connectivity index (χ3n) is 3.85. The molecule has 0 heterocycles. The van der Waals surface area contributed by atoms with E-state index in [-0.39, 0.29) is 7.43 Å². The van der Waals surface area contributed by atoms with Gasteiger partial charge in [-0.25, -0.2) is 0 Å². The fraction of sp³-hybridized carbons (Fsp3) is 0.400. The Kier molecular flexibility index (Phi) is 8.32. The number of nitrogens with zero attached hydrogens (tertiary/aromatic N) is 2. The Bertz CT molecular complexity index is 583. The average Bonchev–Trinajstić information content (AvgIpc) is 2.50. The molecule has 2 aromatic rings. The topological polar surface area (TPSA) is 6.48 Å². The normalized spacial score (nSPS) is 10.9. The van der Waals surface area contributed by atoms with Crippen LogP contribution < -0.4 is 0 Å². The second kappa shape index (κ2) is 9.71. The quantitative estimate of drug-likeness (QED) is 0.715. The fourth-order valence-electron chi connectivity index (χ4n) is 2.44. The monoisotopic (exact) mass is 332 g/mol. The number of hydrogen-bond acceptors (Lipinski definition) is 2. The number of hydrogen-bond donors (Lipinski definition) is 0. The van der Waals surface area contributed by atoms with Crippen LogP contribution in [-0.2, 0) is 13.1 Å².